The summed E-state index contributed by atoms with van der Waals surface area (Å²) in [5.74, 6) is 0.163. The van der Waals surface area contributed by atoms with E-state index in [2.05, 4.69) is 0 Å². The van der Waals surface area contributed by atoms with E-state index >= 15 is 0 Å². The molecule has 0 atom stereocenters. The van der Waals surface area contributed by atoms with Gasteiger partial charge in [0.05, 0.1) is 50.3 Å². The molecule has 0 radical (unpaired) electrons. The largest absolute Gasteiger partial charge is 0.493 e. The van der Waals surface area contributed by atoms with E-state index in [1.165, 1.54) is 14.2 Å². The smallest absolute Gasteiger partial charge is 0.282 e. The number of rotatable bonds is 5. The van der Waals surface area contributed by atoms with Gasteiger partial charge in [0.15, 0.2) is 11.5 Å². The molecule has 1 fully saturated rings. The maximum absolute atomic E-state index is 13.5. The molecule has 0 saturated carbocycles. The average molecular weight is 419 g/mol. The molecule has 2 amide bonds. The minimum Gasteiger partial charge on any atom is -0.493 e. The first-order chi connectivity index (χ1) is 15.1. The molecule has 0 aliphatic carbocycles. The number of carbonyl (C=O) groups is 2. The molecule has 8 heteroatoms. The number of ether oxygens (including phenoxy) is 3. The van der Waals surface area contributed by atoms with Crippen molar-refractivity contribution in [3.63, 3.8) is 0 Å². The highest BCUT2D eigenvalue weighted by Gasteiger charge is 2.43. The van der Waals surface area contributed by atoms with E-state index in [1.807, 2.05) is 11.0 Å². The van der Waals surface area contributed by atoms with Crippen LogP contribution in [0.1, 0.15) is 11.1 Å². The van der Waals surface area contributed by atoms with Crippen LogP contribution in [0.15, 0.2) is 48.2 Å². The fraction of sp³-hybridized carbons (Fsp3) is 0.261. The molecule has 2 aromatic carbocycles. The summed E-state index contributed by atoms with van der Waals surface area (Å²) in [6.07, 6.45) is 0. The Balaban J connectivity index is 1.83. The third-order valence-corrected chi connectivity index (χ3v) is 5.31. The topological polar surface area (TPSA) is 92.1 Å². The maximum atomic E-state index is 13.5. The lowest BCUT2D eigenvalue weighted by Crippen LogP contribution is -2.40. The number of methoxy groups -OCH3 is 2. The summed E-state index contributed by atoms with van der Waals surface area (Å²) in [5.41, 5.74) is 2.07. The van der Waals surface area contributed by atoms with E-state index < -0.39 is 11.8 Å². The molecular weight excluding hydrogens is 398 g/mol. The molecule has 2 aromatic rings. The number of nitrogens with zero attached hydrogens (tertiary/aromatic N) is 3. The Bertz CT molecular complexity index is 1100. The highest BCUT2D eigenvalue weighted by Crippen LogP contribution is 2.38. The first kappa shape index (κ1) is 20.4. The van der Waals surface area contributed by atoms with Crippen LogP contribution in [0.2, 0.25) is 0 Å². The molecular formula is C23H21N3O5. The van der Waals surface area contributed by atoms with E-state index in [0.717, 1.165) is 4.90 Å². The lowest BCUT2D eigenvalue weighted by atomic mass is 10.0. The SMILES string of the molecule is COc1ccc(C2=C(N3CCOCC3)C(=O)N(c3ccc(C#N)cc3)C2=O)cc1OC. The average Bonchev–Trinajstić information content (AvgIpc) is 3.09. The highest BCUT2D eigenvalue weighted by molar-refractivity contribution is 6.45. The molecule has 8 nitrogen and oxygen atoms in total. The minimum absolute atomic E-state index is 0.303. The van der Waals surface area contributed by atoms with Gasteiger partial charge in [-0.3, -0.25) is 9.59 Å². The van der Waals surface area contributed by atoms with Crippen molar-refractivity contribution in [3.05, 3.63) is 59.3 Å². The zero-order valence-corrected chi connectivity index (χ0v) is 17.3. The Hall–Kier alpha value is -3.83. The second-order valence-corrected chi connectivity index (χ2v) is 7.00. The fourth-order valence-corrected chi connectivity index (χ4v) is 3.77. The quantitative estimate of drug-likeness (QED) is 0.686. The standard InChI is InChI=1S/C23H21N3O5/c1-29-18-8-5-16(13-19(18)30-2)20-21(25-9-11-31-12-10-25)23(28)26(22(20)27)17-6-3-15(14-24)4-7-17/h3-8,13H,9-12H2,1-2H3. The van der Waals surface area contributed by atoms with Crippen LogP contribution in [0.4, 0.5) is 5.69 Å². The molecule has 0 aromatic heterocycles. The normalized spacial score (nSPS) is 16.5. The molecule has 31 heavy (non-hydrogen) atoms. The summed E-state index contributed by atoms with van der Waals surface area (Å²) >= 11 is 0. The van der Waals surface area contributed by atoms with Gasteiger partial charge in [-0.2, -0.15) is 5.26 Å². The van der Waals surface area contributed by atoms with Gasteiger partial charge in [-0.1, -0.05) is 6.07 Å². The monoisotopic (exact) mass is 419 g/mol. The van der Waals surface area contributed by atoms with E-state index in [-0.39, 0.29) is 0 Å². The van der Waals surface area contributed by atoms with Crippen LogP contribution in [-0.4, -0.2) is 57.2 Å². The van der Waals surface area contributed by atoms with Gasteiger partial charge in [0, 0.05) is 13.1 Å². The van der Waals surface area contributed by atoms with Crippen LogP contribution < -0.4 is 14.4 Å². The van der Waals surface area contributed by atoms with E-state index in [4.69, 9.17) is 19.5 Å². The third kappa shape index (κ3) is 3.60. The van der Waals surface area contributed by atoms with Crippen LogP contribution in [0, 0.1) is 11.3 Å². The lowest BCUT2D eigenvalue weighted by Gasteiger charge is -2.29. The number of imide groups is 1. The minimum atomic E-state index is -0.427. The van der Waals surface area contributed by atoms with Gasteiger partial charge < -0.3 is 19.1 Å². The Morgan fingerprint density at radius 1 is 0.935 bits per heavy atom. The number of carbonyl (C=O) groups excluding carboxylic acids is 2. The molecule has 2 aliphatic rings. The van der Waals surface area contributed by atoms with Crippen molar-refractivity contribution in [1.82, 2.24) is 4.90 Å². The number of benzene rings is 2. The maximum Gasteiger partial charge on any atom is 0.282 e. The number of anilines is 1. The molecule has 0 N–H and O–H groups in total. The Kier molecular flexibility index (Phi) is 5.60. The Labute approximate surface area is 179 Å². The molecule has 0 spiro atoms. The van der Waals surface area contributed by atoms with Crippen molar-refractivity contribution < 1.29 is 23.8 Å². The predicted molar refractivity (Wildman–Crippen MR) is 113 cm³/mol. The molecule has 0 bridgehead atoms. The van der Waals surface area contributed by atoms with Crippen molar-refractivity contribution in [1.29, 1.82) is 5.26 Å². The number of hydrogen-bond acceptors (Lipinski definition) is 7. The van der Waals surface area contributed by atoms with Crippen molar-refractivity contribution in [2.75, 3.05) is 45.4 Å². The van der Waals surface area contributed by atoms with Crippen LogP contribution >= 0.6 is 0 Å². The number of nitriles is 1. The van der Waals surface area contributed by atoms with E-state index in [1.54, 1.807) is 42.5 Å². The molecule has 2 aliphatic heterocycles. The molecule has 4 rings (SSSR count). The second-order valence-electron chi connectivity index (χ2n) is 7.00. The van der Waals surface area contributed by atoms with Crippen molar-refractivity contribution in [2.24, 2.45) is 0 Å². The fourth-order valence-electron chi connectivity index (χ4n) is 3.77. The van der Waals surface area contributed by atoms with E-state index in [0.29, 0.717) is 65.9 Å². The summed E-state index contributed by atoms with van der Waals surface area (Å²) in [5, 5.41) is 9.05. The summed E-state index contributed by atoms with van der Waals surface area (Å²) in [6.45, 7) is 1.96. The summed E-state index contributed by atoms with van der Waals surface area (Å²) in [6, 6.07) is 13.5. The number of morpholine rings is 1. The summed E-state index contributed by atoms with van der Waals surface area (Å²) in [7, 11) is 3.05. The Morgan fingerprint density at radius 3 is 2.23 bits per heavy atom. The third-order valence-electron chi connectivity index (χ3n) is 5.31. The summed E-state index contributed by atoms with van der Waals surface area (Å²) < 4.78 is 16.1. The zero-order chi connectivity index (χ0) is 22.0. The number of amides is 2. The first-order valence-corrected chi connectivity index (χ1v) is 9.77. The van der Waals surface area contributed by atoms with Crippen molar-refractivity contribution in [3.8, 4) is 17.6 Å². The van der Waals surface area contributed by atoms with Gasteiger partial charge in [0.1, 0.15) is 5.70 Å². The first-order valence-electron chi connectivity index (χ1n) is 9.77. The van der Waals surface area contributed by atoms with Crippen LogP contribution in [-0.2, 0) is 14.3 Å². The van der Waals surface area contributed by atoms with Crippen LogP contribution in [0.25, 0.3) is 5.57 Å². The highest BCUT2D eigenvalue weighted by atomic mass is 16.5. The van der Waals surface area contributed by atoms with Gasteiger partial charge in [-0.15, -0.1) is 0 Å². The van der Waals surface area contributed by atoms with Gasteiger partial charge in [0.25, 0.3) is 11.8 Å². The lowest BCUT2D eigenvalue weighted by molar-refractivity contribution is -0.121. The van der Waals surface area contributed by atoms with Crippen molar-refractivity contribution in [2.45, 2.75) is 0 Å². The predicted octanol–water partition coefficient (Wildman–Crippen LogP) is 2.19. The second kappa shape index (κ2) is 8.50. The zero-order valence-electron chi connectivity index (χ0n) is 17.3. The van der Waals surface area contributed by atoms with Gasteiger partial charge >= 0.3 is 0 Å². The molecule has 0 unspecified atom stereocenters. The van der Waals surface area contributed by atoms with Crippen LogP contribution in [0.3, 0.4) is 0 Å². The van der Waals surface area contributed by atoms with E-state index in [9.17, 15) is 9.59 Å². The van der Waals surface area contributed by atoms with Gasteiger partial charge in [-0.25, -0.2) is 4.90 Å². The van der Waals surface area contributed by atoms with Crippen LogP contribution in [0.5, 0.6) is 11.5 Å². The van der Waals surface area contributed by atoms with Gasteiger partial charge in [-0.05, 0) is 42.0 Å². The molecule has 1 saturated heterocycles. The molecule has 2 heterocycles. The Morgan fingerprint density at radius 2 is 1.61 bits per heavy atom. The molecule has 158 valence electrons. The summed E-state index contributed by atoms with van der Waals surface area (Å²) in [4.78, 5) is 30.0. The van der Waals surface area contributed by atoms with Crippen molar-refractivity contribution >= 4 is 23.1 Å². The number of hydrogen-bond donors (Lipinski definition) is 0. The van der Waals surface area contributed by atoms with Gasteiger partial charge in [0.2, 0.25) is 0 Å².